The molecule has 180 valence electrons. The summed E-state index contributed by atoms with van der Waals surface area (Å²) in [6.07, 6.45) is 1.90. The summed E-state index contributed by atoms with van der Waals surface area (Å²) in [4.78, 5) is 2.47. The number of allylic oxidation sites excluding steroid dienone is 1. The van der Waals surface area contributed by atoms with E-state index in [-0.39, 0.29) is 0 Å². The number of hydrogen-bond acceptors (Lipinski definition) is 3. The molecule has 0 fully saturated rings. The standard InChI is InChI=1S/C30H38ClN3/c1-4-34(20-12-19-32-22-24(2)26-13-6-5-7-14-26)30-18-11-9-15-27(30)21-25(3)33-23-28-16-8-10-17-29(28)31/h5-11,13-18,24,32-33H,3-4,12,19-23H2,1-2H3. The van der Waals surface area contributed by atoms with Crippen LogP contribution in [0.1, 0.15) is 42.9 Å². The molecule has 0 saturated carbocycles. The number of hydrogen-bond donors (Lipinski definition) is 2. The van der Waals surface area contributed by atoms with E-state index in [1.54, 1.807) is 0 Å². The fourth-order valence-corrected chi connectivity index (χ4v) is 4.39. The first-order valence-corrected chi connectivity index (χ1v) is 12.7. The van der Waals surface area contributed by atoms with Gasteiger partial charge in [0.05, 0.1) is 0 Å². The summed E-state index contributed by atoms with van der Waals surface area (Å²) in [6, 6.07) is 27.3. The molecule has 3 aromatic carbocycles. The van der Waals surface area contributed by atoms with Gasteiger partial charge < -0.3 is 15.5 Å². The van der Waals surface area contributed by atoms with Gasteiger partial charge >= 0.3 is 0 Å². The Balaban J connectivity index is 1.48. The van der Waals surface area contributed by atoms with Crippen LogP contribution < -0.4 is 15.5 Å². The molecule has 1 unspecified atom stereocenters. The number of nitrogens with zero attached hydrogens (tertiary/aromatic N) is 1. The lowest BCUT2D eigenvalue weighted by Crippen LogP contribution is -2.29. The number of halogens is 1. The van der Waals surface area contributed by atoms with Gasteiger partial charge in [-0.25, -0.2) is 0 Å². The van der Waals surface area contributed by atoms with Gasteiger partial charge in [0.2, 0.25) is 0 Å². The van der Waals surface area contributed by atoms with Gasteiger partial charge in [0.1, 0.15) is 0 Å². The Morgan fingerprint density at radius 3 is 2.35 bits per heavy atom. The molecular formula is C30H38ClN3. The zero-order chi connectivity index (χ0) is 24.2. The zero-order valence-corrected chi connectivity index (χ0v) is 21.3. The van der Waals surface area contributed by atoms with Gasteiger partial charge in [0, 0.05) is 49.0 Å². The number of para-hydroxylation sites is 1. The molecular weight excluding hydrogens is 438 g/mol. The third-order valence-corrected chi connectivity index (χ3v) is 6.57. The molecule has 3 aromatic rings. The highest BCUT2D eigenvalue weighted by Crippen LogP contribution is 2.23. The van der Waals surface area contributed by atoms with E-state index in [9.17, 15) is 0 Å². The summed E-state index contributed by atoms with van der Waals surface area (Å²) < 4.78 is 0. The molecule has 0 bridgehead atoms. The molecule has 0 spiro atoms. The van der Waals surface area contributed by atoms with Crippen LogP contribution in [0.15, 0.2) is 91.1 Å². The van der Waals surface area contributed by atoms with Crippen molar-refractivity contribution in [3.05, 3.63) is 113 Å². The molecule has 2 N–H and O–H groups in total. The predicted molar refractivity (Wildman–Crippen MR) is 148 cm³/mol. The largest absolute Gasteiger partial charge is 0.384 e. The minimum absolute atomic E-state index is 0.522. The molecule has 0 heterocycles. The second kappa shape index (κ2) is 13.8. The average molecular weight is 476 g/mol. The number of benzene rings is 3. The molecule has 34 heavy (non-hydrogen) atoms. The second-order valence-corrected chi connectivity index (χ2v) is 9.21. The van der Waals surface area contributed by atoms with Crippen LogP contribution in [-0.4, -0.2) is 26.2 Å². The monoisotopic (exact) mass is 475 g/mol. The van der Waals surface area contributed by atoms with Crippen molar-refractivity contribution < 1.29 is 0 Å². The lowest BCUT2D eigenvalue weighted by molar-refractivity contribution is 0.591. The molecule has 0 aliphatic carbocycles. The molecule has 0 amide bonds. The van der Waals surface area contributed by atoms with E-state index < -0.39 is 0 Å². The number of nitrogens with one attached hydrogen (secondary N) is 2. The Morgan fingerprint density at radius 1 is 0.941 bits per heavy atom. The van der Waals surface area contributed by atoms with Crippen LogP contribution in [0.4, 0.5) is 5.69 Å². The van der Waals surface area contributed by atoms with Gasteiger partial charge in [-0.3, -0.25) is 0 Å². The van der Waals surface area contributed by atoms with E-state index >= 15 is 0 Å². The number of anilines is 1. The Morgan fingerprint density at radius 2 is 1.62 bits per heavy atom. The Bertz CT molecular complexity index is 1020. The SMILES string of the molecule is C=C(Cc1ccccc1N(CC)CCCNCC(C)c1ccccc1)NCc1ccccc1Cl. The maximum atomic E-state index is 6.29. The summed E-state index contributed by atoms with van der Waals surface area (Å²) >= 11 is 6.29. The summed E-state index contributed by atoms with van der Waals surface area (Å²) in [5.41, 5.74) is 6.07. The van der Waals surface area contributed by atoms with Crippen molar-refractivity contribution in [3.8, 4) is 0 Å². The summed E-state index contributed by atoms with van der Waals surface area (Å²) in [5, 5.41) is 7.87. The van der Waals surface area contributed by atoms with E-state index in [1.807, 2.05) is 24.3 Å². The summed E-state index contributed by atoms with van der Waals surface area (Å²) in [7, 11) is 0. The van der Waals surface area contributed by atoms with Gasteiger partial charge in [-0.2, -0.15) is 0 Å². The van der Waals surface area contributed by atoms with Gasteiger partial charge in [-0.1, -0.05) is 91.8 Å². The van der Waals surface area contributed by atoms with Crippen molar-refractivity contribution in [2.75, 3.05) is 31.1 Å². The fraction of sp³-hybridized carbons (Fsp3) is 0.333. The Labute approximate surface area is 210 Å². The van der Waals surface area contributed by atoms with Crippen LogP contribution in [0.3, 0.4) is 0 Å². The number of rotatable bonds is 14. The Kier molecular flexibility index (Phi) is 10.5. The van der Waals surface area contributed by atoms with Gasteiger partial charge in [0.15, 0.2) is 0 Å². The minimum atomic E-state index is 0.522. The van der Waals surface area contributed by atoms with Crippen molar-refractivity contribution >= 4 is 17.3 Å². The maximum Gasteiger partial charge on any atom is 0.0455 e. The van der Waals surface area contributed by atoms with E-state index in [1.165, 1.54) is 16.8 Å². The van der Waals surface area contributed by atoms with Crippen LogP contribution in [0, 0.1) is 0 Å². The van der Waals surface area contributed by atoms with E-state index in [4.69, 9.17) is 11.6 Å². The molecule has 3 rings (SSSR count). The molecule has 0 radical (unpaired) electrons. The maximum absolute atomic E-state index is 6.29. The van der Waals surface area contributed by atoms with Crippen molar-refractivity contribution in [2.24, 2.45) is 0 Å². The third kappa shape index (κ3) is 7.93. The summed E-state index contributed by atoms with van der Waals surface area (Å²) in [5.74, 6) is 0.522. The van der Waals surface area contributed by atoms with Crippen LogP contribution in [-0.2, 0) is 13.0 Å². The molecule has 4 heteroatoms. The van der Waals surface area contributed by atoms with Gasteiger partial charge in [-0.05, 0) is 54.6 Å². The molecule has 1 atom stereocenters. The van der Waals surface area contributed by atoms with Gasteiger partial charge in [0.25, 0.3) is 0 Å². The topological polar surface area (TPSA) is 27.3 Å². The molecule has 0 aromatic heterocycles. The minimum Gasteiger partial charge on any atom is -0.384 e. The summed E-state index contributed by atoms with van der Waals surface area (Å²) in [6.45, 7) is 13.5. The van der Waals surface area contributed by atoms with E-state index in [2.05, 4.69) is 90.6 Å². The van der Waals surface area contributed by atoms with Crippen LogP contribution >= 0.6 is 11.6 Å². The smallest absolute Gasteiger partial charge is 0.0455 e. The molecule has 0 saturated heterocycles. The van der Waals surface area contributed by atoms with Crippen LogP contribution in [0.25, 0.3) is 0 Å². The molecule has 0 aliphatic rings. The van der Waals surface area contributed by atoms with Crippen LogP contribution in [0.2, 0.25) is 5.02 Å². The highest BCUT2D eigenvalue weighted by molar-refractivity contribution is 6.31. The second-order valence-electron chi connectivity index (χ2n) is 8.80. The first-order valence-electron chi connectivity index (χ1n) is 12.3. The lowest BCUT2D eigenvalue weighted by atomic mass is 10.0. The van der Waals surface area contributed by atoms with Crippen molar-refractivity contribution in [1.29, 1.82) is 0 Å². The van der Waals surface area contributed by atoms with E-state index in [0.717, 1.165) is 55.3 Å². The highest BCUT2D eigenvalue weighted by atomic mass is 35.5. The lowest BCUT2D eigenvalue weighted by Gasteiger charge is -2.26. The van der Waals surface area contributed by atoms with E-state index in [0.29, 0.717) is 12.5 Å². The molecule has 3 nitrogen and oxygen atoms in total. The van der Waals surface area contributed by atoms with Crippen LogP contribution in [0.5, 0.6) is 0 Å². The molecule has 0 aliphatic heterocycles. The Hall–Kier alpha value is -2.75. The third-order valence-electron chi connectivity index (χ3n) is 6.21. The first kappa shape index (κ1) is 25.9. The van der Waals surface area contributed by atoms with Crippen molar-refractivity contribution in [2.45, 2.75) is 39.2 Å². The van der Waals surface area contributed by atoms with Gasteiger partial charge in [-0.15, -0.1) is 0 Å². The normalized spacial score (nSPS) is 11.7. The quantitative estimate of drug-likeness (QED) is 0.251. The average Bonchev–Trinajstić information content (AvgIpc) is 2.87. The van der Waals surface area contributed by atoms with Crippen molar-refractivity contribution in [3.63, 3.8) is 0 Å². The van der Waals surface area contributed by atoms with Crippen molar-refractivity contribution in [1.82, 2.24) is 10.6 Å². The highest BCUT2D eigenvalue weighted by Gasteiger charge is 2.11. The first-order chi connectivity index (χ1) is 16.6. The predicted octanol–water partition coefficient (Wildman–Crippen LogP) is 6.80. The zero-order valence-electron chi connectivity index (χ0n) is 20.6. The fourth-order valence-electron chi connectivity index (χ4n) is 4.19.